The van der Waals surface area contributed by atoms with Crippen LogP contribution in [0.1, 0.15) is 20.3 Å². The molecular weight excluding hydrogens is 206 g/mol. The van der Waals surface area contributed by atoms with E-state index in [0.717, 1.165) is 0 Å². The van der Waals surface area contributed by atoms with Gasteiger partial charge in [-0.1, -0.05) is 0 Å². The van der Waals surface area contributed by atoms with Gasteiger partial charge in [0.1, 0.15) is 0 Å². The maximum Gasteiger partial charge on any atom is 0.239 e. The lowest BCUT2D eigenvalue weighted by molar-refractivity contribution is -0.121. The van der Waals surface area contributed by atoms with Gasteiger partial charge in [0, 0.05) is 6.61 Å². The number of hydrogen-bond donors (Lipinski definition) is 1. The topological polar surface area (TPSA) is 72.5 Å². The highest BCUT2D eigenvalue weighted by atomic mass is 32.2. The van der Waals surface area contributed by atoms with Crippen molar-refractivity contribution in [3.8, 4) is 0 Å². The summed E-state index contributed by atoms with van der Waals surface area (Å²) >= 11 is 0. The van der Waals surface area contributed by atoms with E-state index in [1.807, 2.05) is 11.6 Å². The molecule has 2 atom stereocenters. The molecule has 0 radical (unpaired) electrons. The molecule has 2 unspecified atom stereocenters. The van der Waals surface area contributed by atoms with Gasteiger partial charge in [0.2, 0.25) is 15.9 Å². The van der Waals surface area contributed by atoms with Crippen LogP contribution < -0.4 is 4.72 Å². The molecule has 0 heterocycles. The number of sulfonamides is 1. The van der Waals surface area contributed by atoms with Gasteiger partial charge in [0.15, 0.2) is 0 Å². The molecule has 82 valence electrons. The summed E-state index contributed by atoms with van der Waals surface area (Å²) in [6, 6.07) is 0. The summed E-state index contributed by atoms with van der Waals surface area (Å²) in [4.78, 5) is 11.3. The lowest BCUT2D eigenvalue weighted by Crippen LogP contribution is -2.33. The minimum Gasteiger partial charge on any atom is -0.378 e. The third-order valence-corrected chi connectivity index (χ3v) is 3.36. The zero-order valence-electron chi connectivity index (χ0n) is 8.32. The van der Waals surface area contributed by atoms with Gasteiger partial charge in [-0.15, -0.1) is 0 Å². The number of rotatable bonds is 5. The fraction of sp³-hybridized carbons (Fsp3) is 0.875. The number of ether oxygens (including phenoxy) is 1. The highest BCUT2D eigenvalue weighted by Gasteiger charge is 2.44. The van der Waals surface area contributed by atoms with Crippen molar-refractivity contribution in [2.45, 2.75) is 26.4 Å². The average Bonchev–Trinajstić information content (AvgIpc) is 2.84. The van der Waals surface area contributed by atoms with Gasteiger partial charge in [-0.3, -0.25) is 9.52 Å². The molecule has 1 amide bonds. The Morgan fingerprint density at radius 2 is 2.14 bits per heavy atom. The Labute approximate surface area is 83.9 Å². The Hall–Kier alpha value is -0.620. The summed E-state index contributed by atoms with van der Waals surface area (Å²) in [5, 5.41) is 0. The summed E-state index contributed by atoms with van der Waals surface area (Å²) < 4.78 is 29.3. The van der Waals surface area contributed by atoms with Crippen molar-refractivity contribution in [3.63, 3.8) is 0 Å². The van der Waals surface area contributed by atoms with Crippen LogP contribution in [0.3, 0.4) is 0 Å². The summed E-state index contributed by atoms with van der Waals surface area (Å²) in [7, 11) is -3.42. The van der Waals surface area contributed by atoms with Crippen LogP contribution in [0.15, 0.2) is 0 Å². The summed E-state index contributed by atoms with van der Waals surface area (Å²) in [6.07, 6.45) is 0.533. The van der Waals surface area contributed by atoms with Gasteiger partial charge in [-0.2, -0.15) is 0 Å². The van der Waals surface area contributed by atoms with Gasteiger partial charge < -0.3 is 4.74 Å². The predicted molar refractivity (Wildman–Crippen MR) is 51.1 cm³/mol. The maximum absolute atomic E-state index is 11.3. The van der Waals surface area contributed by atoms with E-state index in [-0.39, 0.29) is 17.8 Å². The van der Waals surface area contributed by atoms with Crippen LogP contribution in [0, 0.1) is 5.92 Å². The number of amides is 1. The van der Waals surface area contributed by atoms with Gasteiger partial charge in [0.05, 0.1) is 17.8 Å². The van der Waals surface area contributed by atoms with E-state index in [4.69, 9.17) is 4.74 Å². The molecule has 1 fully saturated rings. The summed E-state index contributed by atoms with van der Waals surface area (Å²) in [5.74, 6) is -0.799. The summed E-state index contributed by atoms with van der Waals surface area (Å²) in [6.45, 7) is 3.88. The molecule has 14 heavy (non-hydrogen) atoms. The molecule has 0 aromatic carbocycles. The summed E-state index contributed by atoms with van der Waals surface area (Å²) in [5.41, 5.74) is 0. The first-order valence-corrected chi connectivity index (χ1v) is 6.31. The number of carbonyl (C=O) groups is 1. The Bertz CT molecular complexity index is 311. The predicted octanol–water partition coefficient (Wildman–Crippen LogP) is -0.123. The third-order valence-electron chi connectivity index (χ3n) is 2.09. The number of carbonyl (C=O) groups excluding carboxylic acids is 1. The molecule has 0 saturated heterocycles. The van der Waals surface area contributed by atoms with Crippen LogP contribution in [-0.4, -0.2) is 32.8 Å². The normalized spacial score (nSPS) is 25.9. The standard InChI is InChI=1S/C8H15NO4S/c1-3-13-7-5-6(7)8(10)9-14(11,12)4-2/h6-7H,3-5H2,1-2H3,(H,9,10). The largest absolute Gasteiger partial charge is 0.378 e. The quantitative estimate of drug-likeness (QED) is 0.702. The second kappa shape index (κ2) is 4.27. The Kier molecular flexibility index (Phi) is 3.49. The van der Waals surface area contributed by atoms with Crippen molar-refractivity contribution < 1.29 is 17.9 Å². The van der Waals surface area contributed by atoms with E-state index >= 15 is 0 Å². The fourth-order valence-corrected chi connectivity index (χ4v) is 1.75. The number of nitrogens with one attached hydrogen (secondary N) is 1. The van der Waals surface area contributed by atoms with Gasteiger partial charge in [0.25, 0.3) is 0 Å². The van der Waals surface area contributed by atoms with Crippen molar-refractivity contribution >= 4 is 15.9 Å². The molecule has 1 rings (SSSR count). The molecule has 0 spiro atoms. The van der Waals surface area contributed by atoms with Crippen LogP contribution in [0.5, 0.6) is 0 Å². The van der Waals surface area contributed by atoms with Crippen LogP contribution in [-0.2, 0) is 19.6 Å². The first-order valence-electron chi connectivity index (χ1n) is 4.66. The van der Waals surface area contributed by atoms with Crippen LogP contribution in [0.4, 0.5) is 0 Å². The molecule has 1 aliphatic carbocycles. The molecule has 0 bridgehead atoms. The van der Waals surface area contributed by atoms with Gasteiger partial charge in [-0.05, 0) is 20.3 Å². The molecule has 0 aromatic heterocycles. The zero-order valence-corrected chi connectivity index (χ0v) is 9.13. The molecule has 5 nitrogen and oxygen atoms in total. The Balaban J connectivity index is 2.39. The van der Waals surface area contributed by atoms with Crippen molar-refractivity contribution in [3.05, 3.63) is 0 Å². The van der Waals surface area contributed by atoms with E-state index in [0.29, 0.717) is 13.0 Å². The fourth-order valence-electron chi connectivity index (χ4n) is 1.15. The second-order valence-electron chi connectivity index (χ2n) is 3.21. The SMILES string of the molecule is CCOC1CC1C(=O)NS(=O)(=O)CC. The number of hydrogen-bond acceptors (Lipinski definition) is 4. The lowest BCUT2D eigenvalue weighted by Gasteiger charge is -2.03. The first-order chi connectivity index (χ1) is 6.50. The van der Waals surface area contributed by atoms with Crippen molar-refractivity contribution in [1.29, 1.82) is 0 Å². The molecule has 0 aromatic rings. The average molecular weight is 221 g/mol. The van der Waals surface area contributed by atoms with E-state index < -0.39 is 15.9 Å². The molecule has 0 aliphatic heterocycles. The Morgan fingerprint density at radius 3 is 2.64 bits per heavy atom. The van der Waals surface area contributed by atoms with E-state index in [1.54, 1.807) is 0 Å². The van der Waals surface area contributed by atoms with Gasteiger partial charge >= 0.3 is 0 Å². The molecular formula is C8H15NO4S. The van der Waals surface area contributed by atoms with Crippen LogP contribution in [0.2, 0.25) is 0 Å². The highest BCUT2D eigenvalue weighted by Crippen LogP contribution is 2.33. The van der Waals surface area contributed by atoms with Crippen LogP contribution in [0.25, 0.3) is 0 Å². The molecule has 1 saturated carbocycles. The van der Waals surface area contributed by atoms with Gasteiger partial charge in [-0.25, -0.2) is 8.42 Å². The Morgan fingerprint density at radius 1 is 1.50 bits per heavy atom. The highest BCUT2D eigenvalue weighted by molar-refractivity contribution is 7.90. The zero-order chi connectivity index (χ0) is 10.8. The molecule has 1 aliphatic rings. The maximum atomic E-state index is 11.3. The smallest absolute Gasteiger partial charge is 0.239 e. The minimum atomic E-state index is -3.42. The minimum absolute atomic E-state index is 0.0786. The lowest BCUT2D eigenvalue weighted by atomic mass is 10.4. The van der Waals surface area contributed by atoms with E-state index in [9.17, 15) is 13.2 Å². The third kappa shape index (κ3) is 2.95. The second-order valence-corrected chi connectivity index (χ2v) is 5.22. The molecule has 1 N–H and O–H groups in total. The van der Waals surface area contributed by atoms with E-state index in [2.05, 4.69) is 0 Å². The van der Waals surface area contributed by atoms with Crippen LogP contribution >= 0.6 is 0 Å². The van der Waals surface area contributed by atoms with Crippen molar-refractivity contribution in [1.82, 2.24) is 4.72 Å². The first kappa shape index (κ1) is 11.5. The van der Waals surface area contributed by atoms with Crippen molar-refractivity contribution in [2.75, 3.05) is 12.4 Å². The van der Waals surface area contributed by atoms with E-state index in [1.165, 1.54) is 6.92 Å². The monoisotopic (exact) mass is 221 g/mol. The molecule has 6 heteroatoms. The van der Waals surface area contributed by atoms with Crippen molar-refractivity contribution in [2.24, 2.45) is 5.92 Å².